The number of aryl methyl sites for hydroxylation is 1. The molecule has 0 spiro atoms. The predicted molar refractivity (Wildman–Crippen MR) is 138 cm³/mol. The second-order valence-corrected chi connectivity index (χ2v) is 10.3. The Morgan fingerprint density at radius 2 is 1.80 bits per heavy atom. The van der Waals surface area contributed by atoms with Crippen LogP contribution in [0.15, 0.2) is 41.7 Å². The number of rotatable bonds is 3. The normalized spacial score (nSPS) is 20.6. The molecule has 3 aromatic rings. The van der Waals surface area contributed by atoms with Crippen molar-refractivity contribution in [2.75, 3.05) is 24.6 Å². The van der Waals surface area contributed by atoms with Crippen molar-refractivity contribution in [2.45, 2.75) is 44.1 Å². The van der Waals surface area contributed by atoms with Gasteiger partial charge in [0.2, 0.25) is 5.91 Å². The molecule has 13 heteroatoms. The first kappa shape index (κ1) is 26.9. The zero-order valence-electron chi connectivity index (χ0n) is 21.5. The van der Waals surface area contributed by atoms with Crippen LogP contribution in [0.3, 0.4) is 0 Å². The highest BCUT2D eigenvalue weighted by Crippen LogP contribution is 2.49. The number of aromatic nitrogens is 2. The fourth-order valence-corrected chi connectivity index (χ4v) is 6.19. The van der Waals surface area contributed by atoms with Crippen LogP contribution < -0.4 is 15.3 Å². The molecule has 0 aliphatic carbocycles. The van der Waals surface area contributed by atoms with Crippen LogP contribution in [-0.4, -0.2) is 57.9 Å². The van der Waals surface area contributed by atoms with Crippen LogP contribution in [0, 0.1) is 11.6 Å². The van der Waals surface area contributed by atoms with Gasteiger partial charge in [-0.05, 0) is 30.7 Å². The second-order valence-electron chi connectivity index (χ2n) is 10.3. The lowest BCUT2D eigenvalue weighted by Gasteiger charge is -2.49. The first-order valence-corrected chi connectivity index (χ1v) is 13.0. The molecule has 3 aliphatic rings. The number of piperidine rings is 1. The Hall–Kier alpha value is -4.29. The van der Waals surface area contributed by atoms with E-state index >= 15 is 0 Å². The number of carbonyl (C=O) groups excluding carboxylic acids is 2. The number of carbonyl (C=O) groups is 2. The van der Waals surface area contributed by atoms with Gasteiger partial charge in [-0.1, -0.05) is 6.58 Å². The minimum absolute atomic E-state index is 0.00931. The lowest BCUT2D eigenvalue weighted by Crippen LogP contribution is -2.64. The monoisotopic (exact) mass is 574 g/mol. The predicted octanol–water partition coefficient (Wildman–Crippen LogP) is 4.08. The standard InChI is InChI=1S/C28H23F5N4O4/c1-2-22(39)37-15-9-17(38)10-16(37)13-35(12-15)26-19-11-20(28(31,32)33)23(18-5-4-14(29)8-21(18)30)25-24(19)36(27(40)34-26)6-3-7-41-25/h2,4-5,8,11,15-16H,1,3,6-7,9-10,12-13H2. The molecule has 2 atom stereocenters. The lowest BCUT2D eigenvalue weighted by atomic mass is 9.89. The number of ketones is 1. The summed E-state index contributed by atoms with van der Waals surface area (Å²) in [6.07, 6.45) is -3.50. The molecule has 2 bridgehead atoms. The van der Waals surface area contributed by atoms with Crippen LogP contribution in [0.1, 0.15) is 24.8 Å². The first-order chi connectivity index (χ1) is 19.5. The third kappa shape index (κ3) is 4.43. The molecule has 0 N–H and O–H groups in total. The van der Waals surface area contributed by atoms with E-state index in [1.54, 1.807) is 9.80 Å². The summed E-state index contributed by atoms with van der Waals surface area (Å²) in [4.78, 5) is 45.6. The molecule has 2 fully saturated rings. The number of benzene rings is 2. The van der Waals surface area contributed by atoms with Gasteiger partial charge in [-0.25, -0.2) is 13.6 Å². The van der Waals surface area contributed by atoms with Gasteiger partial charge in [-0.15, -0.1) is 0 Å². The van der Waals surface area contributed by atoms with E-state index in [9.17, 15) is 36.3 Å². The number of amides is 1. The first-order valence-electron chi connectivity index (χ1n) is 13.0. The van der Waals surface area contributed by atoms with E-state index in [0.717, 1.165) is 24.3 Å². The number of ether oxygens (including phenoxy) is 1. The number of alkyl halides is 3. The number of piperazine rings is 1. The molecule has 3 aliphatic heterocycles. The highest BCUT2D eigenvalue weighted by Gasteiger charge is 2.44. The van der Waals surface area contributed by atoms with Crippen molar-refractivity contribution in [3.8, 4) is 16.9 Å². The van der Waals surface area contributed by atoms with E-state index in [1.807, 2.05) is 0 Å². The number of hydrogen-bond donors (Lipinski definition) is 0. The molecule has 4 heterocycles. The number of fused-ring (bicyclic) bond motifs is 2. The maximum Gasteiger partial charge on any atom is 0.417 e. The average molecular weight is 575 g/mol. The van der Waals surface area contributed by atoms with Crippen LogP contribution in [-0.2, 0) is 22.3 Å². The minimum Gasteiger partial charge on any atom is -0.491 e. The maximum atomic E-state index is 15.0. The van der Waals surface area contributed by atoms with E-state index in [2.05, 4.69) is 11.6 Å². The van der Waals surface area contributed by atoms with Crippen molar-refractivity contribution < 1.29 is 36.3 Å². The third-order valence-corrected chi connectivity index (χ3v) is 7.78. The van der Waals surface area contributed by atoms with Crippen LogP contribution in [0.2, 0.25) is 0 Å². The van der Waals surface area contributed by atoms with Crippen LogP contribution in [0.4, 0.5) is 27.8 Å². The van der Waals surface area contributed by atoms with Crippen molar-refractivity contribution in [2.24, 2.45) is 0 Å². The summed E-state index contributed by atoms with van der Waals surface area (Å²) >= 11 is 0. The number of halogens is 5. The molecule has 1 aromatic heterocycles. The Bertz CT molecular complexity index is 1670. The van der Waals surface area contributed by atoms with E-state index < -0.39 is 52.3 Å². The van der Waals surface area contributed by atoms with Gasteiger partial charge in [0.25, 0.3) is 0 Å². The van der Waals surface area contributed by atoms with Crippen molar-refractivity contribution >= 4 is 28.4 Å². The van der Waals surface area contributed by atoms with Gasteiger partial charge in [0.15, 0.2) is 5.75 Å². The molecular weight excluding hydrogens is 551 g/mol. The van der Waals surface area contributed by atoms with Gasteiger partial charge in [0, 0.05) is 55.1 Å². The zero-order chi connectivity index (χ0) is 29.2. The molecule has 6 rings (SSSR count). The molecule has 2 saturated heterocycles. The van der Waals surface area contributed by atoms with Gasteiger partial charge in [-0.2, -0.15) is 18.2 Å². The van der Waals surface area contributed by atoms with E-state index in [0.29, 0.717) is 6.07 Å². The third-order valence-electron chi connectivity index (χ3n) is 7.78. The SMILES string of the molecule is C=CC(=O)N1C2CC(=O)CC1CN(c1nc(=O)n3c4c(c(-c5ccc(F)cc5F)c(C(F)(F)F)cc14)OCCC3)C2. The summed E-state index contributed by atoms with van der Waals surface area (Å²) in [7, 11) is 0. The number of hydrogen-bond acceptors (Lipinski definition) is 6. The number of Topliss-reactive ketones (excluding diaryl/α,β-unsaturated/α-hetero) is 1. The average Bonchev–Trinajstić information content (AvgIpc) is 3.13. The fourth-order valence-electron chi connectivity index (χ4n) is 6.19. The molecular formula is C28H23F5N4O4. The molecule has 0 radical (unpaired) electrons. The Morgan fingerprint density at radius 1 is 1.10 bits per heavy atom. The van der Waals surface area contributed by atoms with Crippen LogP contribution in [0.25, 0.3) is 22.0 Å². The highest BCUT2D eigenvalue weighted by molar-refractivity contribution is 6.01. The lowest BCUT2D eigenvalue weighted by molar-refractivity contribution is -0.139. The summed E-state index contributed by atoms with van der Waals surface area (Å²) in [5, 5.41) is -0.0482. The van der Waals surface area contributed by atoms with Crippen molar-refractivity contribution in [1.82, 2.24) is 14.5 Å². The zero-order valence-corrected chi connectivity index (χ0v) is 21.5. The van der Waals surface area contributed by atoms with Gasteiger partial charge in [-0.3, -0.25) is 14.2 Å². The van der Waals surface area contributed by atoms with E-state index in [1.165, 1.54) is 4.57 Å². The molecule has 2 aromatic carbocycles. The van der Waals surface area contributed by atoms with Crippen molar-refractivity contribution in [3.63, 3.8) is 0 Å². The molecule has 2 unspecified atom stereocenters. The molecule has 0 saturated carbocycles. The van der Waals surface area contributed by atoms with Crippen LogP contribution >= 0.6 is 0 Å². The molecule has 1 amide bonds. The Morgan fingerprint density at radius 3 is 2.44 bits per heavy atom. The fraction of sp³-hybridized carbons (Fsp3) is 0.357. The minimum atomic E-state index is -4.99. The van der Waals surface area contributed by atoms with Gasteiger partial charge in [0.05, 0.1) is 29.8 Å². The smallest absolute Gasteiger partial charge is 0.417 e. The Balaban J connectivity index is 1.62. The maximum absolute atomic E-state index is 15.0. The highest BCUT2D eigenvalue weighted by atomic mass is 19.4. The van der Waals surface area contributed by atoms with E-state index in [4.69, 9.17) is 4.74 Å². The summed E-state index contributed by atoms with van der Waals surface area (Å²) in [5.41, 5.74) is -3.14. The topological polar surface area (TPSA) is 84.7 Å². The molecule has 41 heavy (non-hydrogen) atoms. The largest absolute Gasteiger partial charge is 0.491 e. The molecule has 214 valence electrons. The van der Waals surface area contributed by atoms with Gasteiger partial charge >= 0.3 is 11.9 Å². The summed E-state index contributed by atoms with van der Waals surface area (Å²) in [6.45, 7) is 3.63. The van der Waals surface area contributed by atoms with Crippen molar-refractivity contribution in [3.05, 3.63) is 64.6 Å². The Kier molecular flexibility index (Phi) is 6.34. The summed E-state index contributed by atoms with van der Waals surface area (Å²) in [6, 6.07) is 1.86. The quantitative estimate of drug-likeness (QED) is 0.347. The summed E-state index contributed by atoms with van der Waals surface area (Å²) < 4.78 is 79.6. The summed E-state index contributed by atoms with van der Waals surface area (Å²) in [5.74, 6) is -3.01. The van der Waals surface area contributed by atoms with E-state index in [-0.39, 0.29) is 79.7 Å². The van der Waals surface area contributed by atoms with Crippen molar-refractivity contribution in [1.29, 1.82) is 0 Å². The number of anilines is 1. The van der Waals surface area contributed by atoms with Crippen LogP contribution in [0.5, 0.6) is 5.75 Å². The number of nitrogens with zero attached hydrogens (tertiary/aromatic N) is 4. The van der Waals surface area contributed by atoms with Gasteiger partial charge < -0.3 is 14.5 Å². The Labute approximate surface area is 229 Å². The second kappa shape index (κ2) is 9.67. The van der Waals surface area contributed by atoms with Gasteiger partial charge in [0.1, 0.15) is 23.2 Å². The molecule has 8 nitrogen and oxygen atoms in total.